The maximum atomic E-state index is 2.37. The minimum atomic E-state index is 0.443. The standard InChI is InChI=1S/C16H19N/c1-13(2)17(15-10-5-4-6-11-15)16-12-8-7-9-14(16)3/h4-13H,1-3H3. The molecule has 0 unspecified atom stereocenters. The van der Waals surface area contributed by atoms with Crippen molar-refractivity contribution in [2.24, 2.45) is 0 Å². The van der Waals surface area contributed by atoms with Crippen LogP contribution in [0.25, 0.3) is 0 Å². The van der Waals surface area contributed by atoms with Gasteiger partial charge in [-0.1, -0.05) is 36.4 Å². The summed E-state index contributed by atoms with van der Waals surface area (Å²) in [6.07, 6.45) is 0. The molecule has 0 spiro atoms. The number of para-hydroxylation sites is 2. The quantitative estimate of drug-likeness (QED) is 0.741. The lowest BCUT2D eigenvalue weighted by Crippen LogP contribution is -2.25. The fourth-order valence-electron chi connectivity index (χ4n) is 2.14. The van der Waals surface area contributed by atoms with Crippen molar-refractivity contribution in [2.75, 3.05) is 4.90 Å². The van der Waals surface area contributed by atoms with Gasteiger partial charge in [-0.15, -0.1) is 0 Å². The van der Waals surface area contributed by atoms with Gasteiger partial charge < -0.3 is 4.90 Å². The number of benzene rings is 2. The van der Waals surface area contributed by atoms with Crippen molar-refractivity contribution < 1.29 is 0 Å². The smallest absolute Gasteiger partial charge is 0.0442 e. The predicted molar refractivity (Wildman–Crippen MR) is 74.9 cm³/mol. The molecule has 0 fully saturated rings. The first-order chi connectivity index (χ1) is 8.20. The van der Waals surface area contributed by atoms with E-state index in [0.29, 0.717) is 6.04 Å². The Morgan fingerprint density at radius 3 is 2.00 bits per heavy atom. The Morgan fingerprint density at radius 1 is 0.824 bits per heavy atom. The summed E-state index contributed by atoms with van der Waals surface area (Å²) in [5.41, 5.74) is 3.84. The summed E-state index contributed by atoms with van der Waals surface area (Å²) >= 11 is 0. The van der Waals surface area contributed by atoms with E-state index in [1.807, 2.05) is 0 Å². The highest BCUT2D eigenvalue weighted by molar-refractivity contribution is 5.66. The van der Waals surface area contributed by atoms with Crippen molar-refractivity contribution in [3.8, 4) is 0 Å². The molecule has 0 radical (unpaired) electrons. The summed E-state index contributed by atoms with van der Waals surface area (Å²) in [5.74, 6) is 0. The minimum Gasteiger partial charge on any atom is -0.339 e. The van der Waals surface area contributed by atoms with Crippen LogP contribution >= 0.6 is 0 Å². The van der Waals surface area contributed by atoms with Crippen LogP contribution in [-0.2, 0) is 0 Å². The topological polar surface area (TPSA) is 3.24 Å². The molecule has 0 saturated heterocycles. The van der Waals surface area contributed by atoms with E-state index in [9.17, 15) is 0 Å². The molecule has 2 aromatic rings. The number of hydrogen-bond donors (Lipinski definition) is 0. The van der Waals surface area contributed by atoms with E-state index in [4.69, 9.17) is 0 Å². The van der Waals surface area contributed by atoms with Gasteiger partial charge in [-0.25, -0.2) is 0 Å². The van der Waals surface area contributed by atoms with Gasteiger partial charge in [-0.05, 0) is 44.5 Å². The molecule has 0 saturated carbocycles. The minimum absolute atomic E-state index is 0.443. The van der Waals surface area contributed by atoms with Gasteiger partial charge >= 0.3 is 0 Å². The van der Waals surface area contributed by atoms with Gasteiger partial charge in [0.25, 0.3) is 0 Å². The first kappa shape index (κ1) is 11.7. The van der Waals surface area contributed by atoms with Gasteiger partial charge in [0.15, 0.2) is 0 Å². The van der Waals surface area contributed by atoms with Crippen molar-refractivity contribution in [1.82, 2.24) is 0 Å². The van der Waals surface area contributed by atoms with Crippen LogP contribution in [0, 0.1) is 6.92 Å². The molecule has 0 bridgehead atoms. The van der Waals surface area contributed by atoms with Gasteiger partial charge in [0.2, 0.25) is 0 Å². The van der Waals surface area contributed by atoms with E-state index < -0.39 is 0 Å². The van der Waals surface area contributed by atoms with Crippen molar-refractivity contribution >= 4 is 11.4 Å². The van der Waals surface area contributed by atoms with Crippen LogP contribution in [0.2, 0.25) is 0 Å². The van der Waals surface area contributed by atoms with Crippen LogP contribution in [0.1, 0.15) is 19.4 Å². The van der Waals surface area contributed by atoms with Gasteiger partial charge in [0.05, 0.1) is 0 Å². The van der Waals surface area contributed by atoms with Crippen molar-refractivity contribution in [2.45, 2.75) is 26.8 Å². The Balaban J connectivity index is 2.47. The zero-order valence-corrected chi connectivity index (χ0v) is 10.7. The van der Waals surface area contributed by atoms with Gasteiger partial charge in [-0.3, -0.25) is 0 Å². The predicted octanol–water partition coefficient (Wildman–Crippen LogP) is 4.54. The van der Waals surface area contributed by atoms with E-state index in [0.717, 1.165) is 0 Å². The van der Waals surface area contributed by atoms with Crippen molar-refractivity contribution in [1.29, 1.82) is 0 Å². The van der Waals surface area contributed by atoms with Crippen molar-refractivity contribution in [3.05, 3.63) is 60.2 Å². The number of rotatable bonds is 3. The highest BCUT2D eigenvalue weighted by Crippen LogP contribution is 2.29. The van der Waals surface area contributed by atoms with Crippen molar-refractivity contribution in [3.63, 3.8) is 0 Å². The Bertz CT molecular complexity index is 474. The molecule has 0 heterocycles. The van der Waals surface area contributed by atoms with E-state index in [-0.39, 0.29) is 0 Å². The van der Waals surface area contributed by atoms with Gasteiger partial charge in [0.1, 0.15) is 0 Å². The average Bonchev–Trinajstić information content (AvgIpc) is 2.33. The summed E-state index contributed by atoms with van der Waals surface area (Å²) < 4.78 is 0. The summed E-state index contributed by atoms with van der Waals surface area (Å²) in [7, 11) is 0. The normalized spacial score (nSPS) is 10.6. The number of aryl methyl sites for hydroxylation is 1. The molecule has 0 aliphatic heterocycles. The van der Waals surface area contributed by atoms with Crippen LogP contribution in [0.15, 0.2) is 54.6 Å². The molecule has 1 nitrogen and oxygen atoms in total. The van der Waals surface area contributed by atoms with Crippen LogP contribution < -0.4 is 4.90 Å². The fraction of sp³-hybridized carbons (Fsp3) is 0.250. The second kappa shape index (κ2) is 5.05. The first-order valence-electron chi connectivity index (χ1n) is 6.10. The Hall–Kier alpha value is -1.76. The SMILES string of the molecule is Cc1ccccc1N(c1ccccc1)C(C)C. The molecular weight excluding hydrogens is 206 g/mol. The molecule has 1 heteroatoms. The Labute approximate surface area is 104 Å². The average molecular weight is 225 g/mol. The third-order valence-electron chi connectivity index (χ3n) is 2.93. The molecule has 17 heavy (non-hydrogen) atoms. The first-order valence-corrected chi connectivity index (χ1v) is 6.10. The molecule has 0 aromatic heterocycles. The summed E-state index contributed by atoms with van der Waals surface area (Å²) in [6.45, 7) is 6.60. The number of hydrogen-bond acceptors (Lipinski definition) is 1. The molecule has 0 aliphatic rings. The molecule has 0 amide bonds. The Morgan fingerprint density at radius 2 is 1.41 bits per heavy atom. The molecule has 0 N–H and O–H groups in total. The third-order valence-corrected chi connectivity index (χ3v) is 2.93. The number of anilines is 2. The van der Waals surface area contributed by atoms with E-state index in [1.165, 1.54) is 16.9 Å². The lowest BCUT2D eigenvalue weighted by Gasteiger charge is -2.30. The lowest BCUT2D eigenvalue weighted by molar-refractivity contribution is 0.786. The molecule has 2 rings (SSSR count). The van der Waals surface area contributed by atoms with Gasteiger partial charge in [0, 0.05) is 17.4 Å². The Kier molecular flexibility index (Phi) is 3.48. The molecule has 0 atom stereocenters. The maximum absolute atomic E-state index is 2.37. The fourth-order valence-corrected chi connectivity index (χ4v) is 2.14. The largest absolute Gasteiger partial charge is 0.339 e. The lowest BCUT2D eigenvalue weighted by atomic mass is 10.1. The number of nitrogens with zero attached hydrogens (tertiary/aromatic N) is 1. The monoisotopic (exact) mass is 225 g/mol. The van der Waals surface area contributed by atoms with Crippen LogP contribution in [0.3, 0.4) is 0 Å². The van der Waals surface area contributed by atoms with E-state index in [2.05, 4.69) is 80.3 Å². The van der Waals surface area contributed by atoms with Crippen LogP contribution in [0.4, 0.5) is 11.4 Å². The second-order valence-electron chi connectivity index (χ2n) is 4.59. The third kappa shape index (κ3) is 2.50. The summed E-state index contributed by atoms with van der Waals surface area (Å²) in [5, 5.41) is 0. The molecule has 88 valence electrons. The van der Waals surface area contributed by atoms with E-state index in [1.54, 1.807) is 0 Å². The highest BCUT2D eigenvalue weighted by Gasteiger charge is 2.13. The van der Waals surface area contributed by atoms with E-state index >= 15 is 0 Å². The zero-order chi connectivity index (χ0) is 12.3. The van der Waals surface area contributed by atoms with Crippen LogP contribution in [0.5, 0.6) is 0 Å². The summed E-state index contributed by atoms with van der Waals surface area (Å²) in [4.78, 5) is 2.37. The molecule has 0 aliphatic carbocycles. The maximum Gasteiger partial charge on any atom is 0.0442 e. The summed E-state index contributed by atoms with van der Waals surface area (Å²) in [6, 6.07) is 19.5. The highest BCUT2D eigenvalue weighted by atomic mass is 15.2. The molecule has 2 aromatic carbocycles. The van der Waals surface area contributed by atoms with Crippen LogP contribution in [-0.4, -0.2) is 6.04 Å². The molecular formula is C16H19N. The zero-order valence-electron chi connectivity index (χ0n) is 10.7. The van der Waals surface area contributed by atoms with Gasteiger partial charge in [-0.2, -0.15) is 0 Å². The second-order valence-corrected chi connectivity index (χ2v) is 4.59.